The van der Waals surface area contributed by atoms with E-state index in [1.165, 1.54) is 10.8 Å². The molecule has 3 aromatic rings. The molecule has 10 heteroatoms. The number of alkyl halides is 3. The van der Waals surface area contributed by atoms with Gasteiger partial charge in [-0.3, -0.25) is 19.3 Å². The van der Waals surface area contributed by atoms with E-state index in [0.29, 0.717) is 28.3 Å². The Kier molecular flexibility index (Phi) is 6.31. The fourth-order valence-electron chi connectivity index (χ4n) is 3.44. The number of aliphatic imine (C=N–C) groups is 1. The van der Waals surface area contributed by atoms with Gasteiger partial charge >= 0.3 is 6.18 Å². The van der Waals surface area contributed by atoms with E-state index >= 15 is 0 Å². The topological polar surface area (TPSA) is 88.4 Å². The van der Waals surface area contributed by atoms with Crippen molar-refractivity contribution in [1.82, 2.24) is 9.78 Å². The van der Waals surface area contributed by atoms with E-state index in [9.17, 15) is 22.8 Å². The minimum Gasteiger partial charge on any atom is -0.322 e. The molecule has 2 aromatic carbocycles. The van der Waals surface area contributed by atoms with E-state index in [1.54, 1.807) is 61.6 Å². The molecular formula is C24H20F3N5O2. The Balaban J connectivity index is 1.45. The highest BCUT2D eigenvalue weighted by molar-refractivity contribution is 6.27. The van der Waals surface area contributed by atoms with Crippen molar-refractivity contribution in [3.63, 3.8) is 0 Å². The maximum atomic E-state index is 13.2. The van der Waals surface area contributed by atoms with Crippen molar-refractivity contribution in [2.75, 3.05) is 17.2 Å². The molecule has 0 atom stereocenters. The first-order valence-corrected chi connectivity index (χ1v) is 10.4. The Labute approximate surface area is 193 Å². The molecule has 2 amide bonds. The summed E-state index contributed by atoms with van der Waals surface area (Å²) in [6.07, 6.45) is -3.18. The fourth-order valence-corrected chi connectivity index (χ4v) is 3.44. The number of benzene rings is 2. The molecule has 0 unspecified atom stereocenters. The zero-order valence-corrected chi connectivity index (χ0v) is 18.1. The lowest BCUT2D eigenvalue weighted by Crippen LogP contribution is -2.33. The number of nitrogens with zero attached hydrogens (tertiary/aromatic N) is 3. The average Bonchev–Trinajstić information content (AvgIpc) is 3.19. The van der Waals surface area contributed by atoms with Gasteiger partial charge in [-0.2, -0.15) is 18.3 Å². The highest BCUT2D eigenvalue weighted by atomic mass is 19.4. The number of halogens is 3. The van der Waals surface area contributed by atoms with Gasteiger partial charge in [0.2, 0.25) is 0 Å². The predicted octanol–water partition coefficient (Wildman–Crippen LogP) is 4.61. The lowest BCUT2D eigenvalue weighted by atomic mass is 10.0. The van der Waals surface area contributed by atoms with Crippen LogP contribution in [0.2, 0.25) is 0 Å². The third-order valence-electron chi connectivity index (χ3n) is 5.11. The number of aromatic nitrogens is 2. The molecule has 0 radical (unpaired) electrons. The van der Waals surface area contributed by atoms with Crippen molar-refractivity contribution in [3.8, 4) is 11.3 Å². The van der Waals surface area contributed by atoms with E-state index in [2.05, 4.69) is 20.7 Å². The van der Waals surface area contributed by atoms with Crippen molar-refractivity contribution in [1.29, 1.82) is 0 Å². The molecule has 7 nitrogen and oxygen atoms in total. The van der Waals surface area contributed by atoms with Gasteiger partial charge in [-0.25, -0.2) is 0 Å². The van der Waals surface area contributed by atoms with Crippen LogP contribution < -0.4 is 10.6 Å². The Morgan fingerprint density at radius 2 is 1.68 bits per heavy atom. The van der Waals surface area contributed by atoms with Gasteiger partial charge in [0.15, 0.2) is 5.71 Å². The number of carbonyl (C=O) groups is 2. The van der Waals surface area contributed by atoms with Gasteiger partial charge in [0, 0.05) is 36.5 Å². The molecule has 1 aromatic heterocycles. The Morgan fingerprint density at radius 3 is 2.35 bits per heavy atom. The summed E-state index contributed by atoms with van der Waals surface area (Å²) in [5, 5.41) is 9.68. The molecule has 0 saturated heterocycles. The summed E-state index contributed by atoms with van der Waals surface area (Å²) in [6.45, 7) is -0.00180. The van der Waals surface area contributed by atoms with Crippen LogP contribution >= 0.6 is 0 Å². The second-order valence-electron chi connectivity index (χ2n) is 7.52. The monoisotopic (exact) mass is 467 g/mol. The number of hydrogen-bond acceptors (Lipinski definition) is 4. The molecule has 0 saturated carbocycles. The van der Waals surface area contributed by atoms with Crippen LogP contribution in [0.4, 0.5) is 24.7 Å². The van der Waals surface area contributed by atoms with E-state index in [4.69, 9.17) is 0 Å². The van der Waals surface area contributed by atoms with Gasteiger partial charge in [-0.15, -0.1) is 0 Å². The second kappa shape index (κ2) is 9.34. The summed E-state index contributed by atoms with van der Waals surface area (Å²) >= 11 is 0. The van der Waals surface area contributed by atoms with Crippen LogP contribution in [0.25, 0.3) is 11.3 Å². The van der Waals surface area contributed by atoms with Crippen molar-refractivity contribution in [2.45, 2.75) is 12.6 Å². The molecule has 2 N–H and O–H groups in total. The van der Waals surface area contributed by atoms with Crippen LogP contribution in [-0.4, -0.2) is 40.0 Å². The molecule has 4 rings (SSSR count). The second-order valence-corrected chi connectivity index (χ2v) is 7.52. The van der Waals surface area contributed by atoms with E-state index < -0.39 is 23.4 Å². The Bertz CT molecular complexity index is 1280. The number of anilines is 2. The van der Waals surface area contributed by atoms with Crippen LogP contribution in [0, 0.1) is 0 Å². The van der Waals surface area contributed by atoms with E-state index in [-0.39, 0.29) is 18.9 Å². The molecule has 0 aliphatic carbocycles. The minimum absolute atomic E-state index is 0.00180. The largest absolute Gasteiger partial charge is 0.433 e. The van der Waals surface area contributed by atoms with Gasteiger partial charge in [-0.05, 0) is 30.7 Å². The van der Waals surface area contributed by atoms with Gasteiger partial charge < -0.3 is 10.6 Å². The maximum absolute atomic E-state index is 13.2. The van der Waals surface area contributed by atoms with Gasteiger partial charge in [0.25, 0.3) is 11.8 Å². The maximum Gasteiger partial charge on any atom is 0.433 e. The lowest BCUT2D eigenvalue weighted by Gasteiger charge is -2.17. The van der Waals surface area contributed by atoms with Crippen LogP contribution in [0.1, 0.15) is 16.8 Å². The van der Waals surface area contributed by atoms with Gasteiger partial charge in [0.05, 0.1) is 11.3 Å². The molecule has 34 heavy (non-hydrogen) atoms. The summed E-state index contributed by atoms with van der Waals surface area (Å²) < 4.78 is 41.0. The number of rotatable bonds is 5. The average molecular weight is 467 g/mol. The van der Waals surface area contributed by atoms with E-state index in [0.717, 1.165) is 0 Å². The van der Waals surface area contributed by atoms with Crippen molar-refractivity contribution in [2.24, 2.45) is 12.0 Å². The van der Waals surface area contributed by atoms with Gasteiger partial charge in [0.1, 0.15) is 5.82 Å². The van der Waals surface area contributed by atoms with Crippen LogP contribution in [0.5, 0.6) is 0 Å². The van der Waals surface area contributed by atoms with Crippen LogP contribution in [0.15, 0.2) is 77.3 Å². The molecule has 0 fully saturated rings. The first kappa shape index (κ1) is 23.0. The smallest absolute Gasteiger partial charge is 0.322 e. The number of dihydropyridines is 1. The third-order valence-corrected chi connectivity index (χ3v) is 5.11. The normalized spacial score (nSPS) is 13.6. The first-order chi connectivity index (χ1) is 16.2. The lowest BCUT2D eigenvalue weighted by molar-refractivity contribution is -0.113. The summed E-state index contributed by atoms with van der Waals surface area (Å²) in [6, 6.07) is 16.9. The molecular weight excluding hydrogens is 447 g/mol. The molecule has 1 aliphatic heterocycles. The highest BCUT2D eigenvalue weighted by Gasteiger charge is 2.40. The SMILES string of the molecule is Cn1nc(-c2ccc(NC(=O)C3=CCCN=C3C(F)(F)F)cc2)cc1NC(=O)c1ccccc1. The molecule has 174 valence electrons. The molecule has 1 aliphatic rings. The number of amides is 2. The number of hydrogen-bond donors (Lipinski definition) is 2. The predicted molar refractivity (Wildman–Crippen MR) is 123 cm³/mol. The van der Waals surface area contributed by atoms with Crippen LogP contribution in [-0.2, 0) is 11.8 Å². The van der Waals surface area contributed by atoms with Gasteiger partial charge in [-0.1, -0.05) is 36.4 Å². The summed E-state index contributed by atoms with van der Waals surface area (Å²) in [4.78, 5) is 28.3. The summed E-state index contributed by atoms with van der Waals surface area (Å²) in [5.74, 6) is -0.649. The Hall–Kier alpha value is -4.21. The quantitative estimate of drug-likeness (QED) is 0.574. The van der Waals surface area contributed by atoms with Crippen LogP contribution in [0.3, 0.4) is 0 Å². The third kappa shape index (κ3) is 5.06. The van der Waals surface area contributed by atoms with Crippen molar-refractivity contribution in [3.05, 3.63) is 77.9 Å². The number of aryl methyl sites for hydroxylation is 1. The molecule has 0 spiro atoms. The number of nitrogens with one attached hydrogen (secondary N) is 2. The first-order valence-electron chi connectivity index (χ1n) is 10.4. The molecule has 0 bridgehead atoms. The Morgan fingerprint density at radius 1 is 0.971 bits per heavy atom. The minimum atomic E-state index is -4.69. The fraction of sp³-hybridized carbons (Fsp3) is 0.167. The summed E-state index contributed by atoms with van der Waals surface area (Å²) in [5.41, 5.74) is 0.471. The zero-order chi connectivity index (χ0) is 24.3. The van der Waals surface area contributed by atoms with E-state index in [1.807, 2.05) is 6.07 Å². The van der Waals surface area contributed by atoms with Crippen molar-refractivity contribution < 1.29 is 22.8 Å². The van der Waals surface area contributed by atoms with Crippen molar-refractivity contribution >= 4 is 29.0 Å². The highest BCUT2D eigenvalue weighted by Crippen LogP contribution is 2.27. The molecule has 2 heterocycles. The standard InChI is InChI=1S/C24H20F3N5O2/c1-32-20(30-22(33)16-6-3-2-4-7-16)14-19(31-32)15-9-11-17(12-10-15)29-23(34)18-8-5-13-28-21(18)24(25,26)27/h2-4,6-12,14H,5,13H2,1H3,(H,29,34)(H,30,33). The zero-order valence-electron chi connectivity index (χ0n) is 18.1. The summed E-state index contributed by atoms with van der Waals surface area (Å²) in [7, 11) is 1.69. The number of carbonyl (C=O) groups excluding carboxylic acids is 2.